The van der Waals surface area contributed by atoms with Gasteiger partial charge in [-0.3, -0.25) is 4.79 Å². The number of rotatable bonds is 0. The van der Waals surface area contributed by atoms with Gasteiger partial charge < -0.3 is 0 Å². The van der Waals surface area contributed by atoms with E-state index in [1.807, 2.05) is 27.7 Å². The average molecular weight is 150 g/mol. The summed E-state index contributed by atoms with van der Waals surface area (Å²) in [7, 11) is 0. The van der Waals surface area contributed by atoms with Gasteiger partial charge in [-0.2, -0.15) is 0 Å². The first-order chi connectivity index (χ1) is 4.81. The molecular formula is C10H14O. The number of hydrogen-bond donors (Lipinski definition) is 0. The van der Waals surface area contributed by atoms with Gasteiger partial charge in [0.25, 0.3) is 0 Å². The van der Waals surface area contributed by atoms with E-state index in [1.165, 1.54) is 0 Å². The first kappa shape index (κ1) is 8.76. The summed E-state index contributed by atoms with van der Waals surface area (Å²) in [5, 5.41) is 0. The molecule has 1 fully saturated rings. The first-order valence-corrected chi connectivity index (χ1v) is 3.91. The molecule has 4 radical (unpaired) electrons. The maximum Gasteiger partial charge on any atom is 0.150 e. The molecule has 11 heavy (non-hydrogen) atoms. The summed E-state index contributed by atoms with van der Waals surface area (Å²) in [5.74, 6) is -0.0637. The van der Waals surface area contributed by atoms with Crippen molar-refractivity contribution >= 4 is 5.78 Å². The topological polar surface area (TPSA) is 17.1 Å². The van der Waals surface area contributed by atoms with Gasteiger partial charge in [0.15, 0.2) is 0 Å². The molecule has 1 aliphatic carbocycles. The summed E-state index contributed by atoms with van der Waals surface area (Å²) in [6.45, 7) is 8.14. The summed E-state index contributed by atoms with van der Waals surface area (Å²) in [6.07, 6.45) is 6.67. The van der Waals surface area contributed by atoms with Crippen LogP contribution in [0.5, 0.6) is 0 Å². The van der Waals surface area contributed by atoms with Gasteiger partial charge in [0, 0.05) is 0 Å². The van der Waals surface area contributed by atoms with Gasteiger partial charge in [0.2, 0.25) is 0 Å². The van der Waals surface area contributed by atoms with Gasteiger partial charge >= 0.3 is 0 Å². The molecule has 1 aliphatic rings. The second kappa shape index (κ2) is 2.33. The van der Waals surface area contributed by atoms with Crippen LogP contribution >= 0.6 is 0 Å². The molecule has 0 atom stereocenters. The molecule has 1 nitrogen and oxygen atoms in total. The molecule has 0 N–H and O–H groups in total. The zero-order valence-electron chi connectivity index (χ0n) is 7.62. The summed E-state index contributed by atoms with van der Waals surface area (Å²) in [5.41, 5.74) is -0.155. The minimum Gasteiger partial charge on any atom is -0.298 e. The summed E-state index contributed by atoms with van der Waals surface area (Å²) >= 11 is 0. The van der Waals surface area contributed by atoms with Crippen molar-refractivity contribution < 1.29 is 4.79 Å². The molecule has 0 amide bonds. The molecule has 0 spiro atoms. The Morgan fingerprint density at radius 2 is 1.45 bits per heavy atom. The number of hydrogen-bond acceptors (Lipinski definition) is 1. The minimum atomic E-state index is -0.0775. The number of carbonyl (C=O) groups is 1. The van der Waals surface area contributed by atoms with Gasteiger partial charge in [-0.25, -0.2) is 0 Å². The second-order valence-electron chi connectivity index (χ2n) is 4.52. The van der Waals surface area contributed by atoms with Crippen molar-refractivity contribution in [3.05, 3.63) is 12.8 Å². The molecule has 0 aliphatic heterocycles. The number of Topliss-reactive ketones (excluding diaryl/α,β-unsaturated/α-hetero) is 1. The summed E-state index contributed by atoms with van der Waals surface area (Å²) in [4.78, 5) is 11.1. The van der Waals surface area contributed by atoms with E-state index in [0.717, 1.165) is 6.42 Å². The van der Waals surface area contributed by atoms with Gasteiger partial charge in [0.05, 0.1) is 12.8 Å². The van der Waals surface area contributed by atoms with Crippen molar-refractivity contribution in [3.8, 4) is 0 Å². The lowest BCUT2D eigenvalue weighted by atomic mass is 9.65. The van der Waals surface area contributed by atoms with Gasteiger partial charge in [-0.1, -0.05) is 27.7 Å². The predicted molar refractivity (Wildman–Crippen MR) is 43.7 cm³/mol. The van der Waals surface area contributed by atoms with Crippen LogP contribution in [0.3, 0.4) is 0 Å². The fourth-order valence-electron chi connectivity index (χ4n) is 1.84. The fraction of sp³-hybridized carbons (Fsp3) is 0.700. The molecule has 60 valence electrons. The van der Waals surface area contributed by atoms with E-state index in [0.29, 0.717) is 0 Å². The van der Waals surface area contributed by atoms with Crippen molar-refractivity contribution in [2.75, 3.05) is 0 Å². The van der Waals surface area contributed by atoms with Crippen LogP contribution in [0.25, 0.3) is 0 Å². The van der Waals surface area contributed by atoms with Crippen LogP contribution in [0.4, 0.5) is 0 Å². The molecule has 1 rings (SSSR count). The average Bonchev–Trinajstić information content (AvgIpc) is 1.49. The van der Waals surface area contributed by atoms with Crippen LogP contribution in [-0.4, -0.2) is 5.78 Å². The highest BCUT2D eigenvalue weighted by molar-refractivity contribution is 5.96. The van der Waals surface area contributed by atoms with Crippen LogP contribution in [0.1, 0.15) is 34.1 Å². The maximum absolute atomic E-state index is 11.1. The lowest BCUT2D eigenvalue weighted by molar-refractivity contribution is -0.116. The Bertz CT molecular complexity index is 159. The maximum atomic E-state index is 11.1. The van der Waals surface area contributed by atoms with Crippen LogP contribution in [0.2, 0.25) is 0 Å². The third kappa shape index (κ3) is 2.32. The number of ketones is 1. The largest absolute Gasteiger partial charge is 0.298 e. The summed E-state index contributed by atoms with van der Waals surface area (Å²) < 4.78 is 0. The van der Waals surface area contributed by atoms with E-state index >= 15 is 0 Å². The third-order valence-electron chi connectivity index (χ3n) is 1.79. The van der Waals surface area contributed by atoms with Crippen LogP contribution < -0.4 is 0 Å². The van der Waals surface area contributed by atoms with Gasteiger partial charge in [-0.05, 0) is 17.3 Å². The molecule has 1 saturated carbocycles. The highest BCUT2D eigenvalue weighted by Crippen LogP contribution is 2.42. The quantitative estimate of drug-likeness (QED) is 0.517. The second-order valence-corrected chi connectivity index (χ2v) is 4.52. The molecule has 0 unspecified atom stereocenters. The molecular weight excluding hydrogens is 136 g/mol. The highest BCUT2D eigenvalue weighted by Gasteiger charge is 2.38. The summed E-state index contributed by atoms with van der Waals surface area (Å²) in [6, 6.07) is 0. The standard InChI is InChI=1S/C10H14O/c1-9(2)5-8(11)6-10(3,4)7-9/h7H2,1-4H3. The lowest BCUT2D eigenvalue weighted by Crippen LogP contribution is -2.35. The number of carbonyl (C=O) groups excluding carboxylic acids is 1. The van der Waals surface area contributed by atoms with Gasteiger partial charge in [-0.15, -0.1) is 0 Å². The highest BCUT2D eigenvalue weighted by atomic mass is 16.1. The van der Waals surface area contributed by atoms with E-state index in [4.69, 9.17) is 0 Å². The van der Waals surface area contributed by atoms with Crippen molar-refractivity contribution in [1.29, 1.82) is 0 Å². The zero-order valence-corrected chi connectivity index (χ0v) is 7.62. The Morgan fingerprint density at radius 1 is 1.09 bits per heavy atom. The van der Waals surface area contributed by atoms with Crippen LogP contribution in [0, 0.1) is 23.7 Å². The molecule has 0 aromatic rings. The Labute approximate surface area is 69.2 Å². The fourth-order valence-corrected chi connectivity index (χ4v) is 1.84. The Kier molecular flexibility index (Phi) is 1.85. The molecule has 0 saturated heterocycles. The van der Waals surface area contributed by atoms with Crippen molar-refractivity contribution in [1.82, 2.24) is 0 Å². The van der Waals surface area contributed by atoms with E-state index in [-0.39, 0.29) is 16.6 Å². The van der Waals surface area contributed by atoms with Crippen molar-refractivity contribution in [2.24, 2.45) is 10.8 Å². The van der Waals surface area contributed by atoms with E-state index in [2.05, 4.69) is 12.8 Å². The van der Waals surface area contributed by atoms with Crippen molar-refractivity contribution in [2.45, 2.75) is 34.1 Å². The predicted octanol–water partition coefficient (Wildman–Crippen LogP) is 2.17. The van der Waals surface area contributed by atoms with E-state index < -0.39 is 0 Å². The molecule has 1 heteroatoms. The first-order valence-electron chi connectivity index (χ1n) is 3.91. The Balaban J connectivity index is 2.74. The van der Waals surface area contributed by atoms with Crippen LogP contribution in [-0.2, 0) is 4.79 Å². The Morgan fingerprint density at radius 3 is 1.73 bits per heavy atom. The molecule has 0 heterocycles. The zero-order chi connectivity index (χ0) is 8.70. The van der Waals surface area contributed by atoms with Crippen molar-refractivity contribution in [3.63, 3.8) is 0 Å². The minimum absolute atomic E-state index is 0.0637. The smallest absolute Gasteiger partial charge is 0.150 e. The van der Waals surface area contributed by atoms with E-state index in [9.17, 15) is 4.79 Å². The van der Waals surface area contributed by atoms with E-state index in [1.54, 1.807) is 0 Å². The third-order valence-corrected chi connectivity index (χ3v) is 1.79. The lowest BCUT2D eigenvalue weighted by Gasteiger charge is -2.38. The SMILES string of the molecule is CC1(C)[C]C(=O)[C]C(C)(C)C1. The van der Waals surface area contributed by atoms with Crippen LogP contribution in [0.15, 0.2) is 0 Å². The molecule has 0 aromatic heterocycles. The van der Waals surface area contributed by atoms with Gasteiger partial charge in [0.1, 0.15) is 5.78 Å². The Hall–Kier alpha value is -0.330. The molecule has 0 bridgehead atoms. The monoisotopic (exact) mass is 150 g/mol. The molecule has 0 aromatic carbocycles. The normalized spacial score (nSPS) is 28.5.